The number of phenols is 1. The molecule has 10 heteroatoms. The largest absolute Gasteiger partial charge is 0.507 e. The predicted molar refractivity (Wildman–Crippen MR) is 86.7 cm³/mol. The van der Waals surface area contributed by atoms with E-state index >= 15 is 0 Å². The van der Waals surface area contributed by atoms with Gasteiger partial charge in [0.05, 0.1) is 10.0 Å². The Morgan fingerprint density at radius 2 is 2.05 bits per heavy atom. The number of benzene rings is 1. The second-order valence-electron chi connectivity index (χ2n) is 4.00. The third-order valence-electron chi connectivity index (χ3n) is 2.35. The van der Waals surface area contributed by atoms with Gasteiger partial charge in [-0.15, -0.1) is 11.3 Å². The maximum Gasteiger partial charge on any atom is 0.258 e. The van der Waals surface area contributed by atoms with E-state index in [0.717, 1.165) is 17.6 Å². The molecule has 2 N–H and O–H groups in total. The third-order valence-corrected chi connectivity index (χ3v) is 5.51. The van der Waals surface area contributed by atoms with Crippen molar-refractivity contribution in [3.05, 3.63) is 32.0 Å². The summed E-state index contributed by atoms with van der Waals surface area (Å²) >= 11 is 7.30. The molecule has 0 aliphatic heterocycles. The van der Waals surface area contributed by atoms with E-state index in [9.17, 15) is 18.3 Å². The van der Waals surface area contributed by atoms with Crippen molar-refractivity contribution in [2.75, 3.05) is 11.6 Å². The summed E-state index contributed by atoms with van der Waals surface area (Å²) in [5.74, 6) is -0.613. The zero-order valence-corrected chi connectivity index (χ0v) is 15.2. The number of phenolic OH excluding ortho intramolecular Hbond substituents is 1. The summed E-state index contributed by atoms with van der Waals surface area (Å²) in [5, 5.41) is 13.6. The van der Waals surface area contributed by atoms with Crippen molar-refractivity contribution in [2.45, 2.75) is 5.03 Å². The molecule has 0 spiro atoms. The lowest BCUT2D eigenvalue weighted by Gasteiger charge is -2.06. The highest BCUT2D eigenvalue weighted by Crippen LogP contribution is 2.32. The average molecular weight is 456 g/mol. The fourth-order valence-corrected chi connectivity index (χ4v) is 3.97. The van der Waals surface area contributed by atoms with Crippen LogP contribution in [0.3, 0.4) is 0 Å². The number of hydrogen-bond donors (Lipinski definition) is 2. The van der Waals surface area contributed by atoms with Gasteiger partial charge in [0.15, 0.2) is 20.0 Å². The van der Waals surface area contributed by atoms with Crippen LogP contribution >= 0.6 is 43.2 Å². The van der Waals surface area contributed by atoms with E-state index in [1.807, 2.05) is 0 Å². The van der Waals surface area contributed by atoms with Crippen molar-refractivity contribution in [1.29, 1.82) is 0 Å². The molecule has 112 valence electrons. The number of thiazole rings is 1. The Morgan fingerprint density at radius 3 is 2.62 bits per heavy atom. The molecule has 0 saturated heterocycles. The first-order chi connectivity index (χ1) is 9.68. The highest BCUT2D eigenvalue weighted by atomic mass is 79.9. The average Bonchev–Trinajstić information content (AvgIpc) is 2.82. The lowest BCUT2D eigenvalue weighted by Crippen LogP contribution is -2.12. The number of sulfone groups is 1. The van der Waals surface area contributed by atoms with Crippen molar-refractivity contribution in [2.24, 2.45) is 0 Å². The molecule has 0 atom stereocenters. The molecule has 2 rings (SSSR count). The molecule has 0 aliphatic rings. The monoisotopic (exact) mass is 454 g/mol. The summed E-state index contributed by atoms with van der Waals surface area (Å²) in [6.45, 7) is 0. The van der Waals surface area contributed by atoms with Crippen LogP contribution in [0.15, 0.2) is 31.5 Å². The van der Waals surface area contributed by atoms with E-state index in [1.54, 1.807) is 0 Å². The first-order valence-electron chi connectivity index (χ1n) is 5.33. The van der Waals surface area contributed by atoms with Gasteiger partial charge < -0.3 is 5.11 Å². The zero-order chi connectivity index (χ0) is 15.8. The molecule has 21 heavy (non-hydrogen) atoms. The minimum absolute atomic E-state index is 0.0921. The molecule has 2 aromatic rings. The Kier molecular flexibility index (Phi) is 4.71. The first-order valence-corrected chi connectivity index (χ1v) is 9.69. The van der Waals surface area contributed by atoms with Gasteiger partial charge in [0.2, 0.25) is 0 Å². The minimum Gasteiger partial charge on any atom is -0.507 e. The standard InChI is InChI=1S/C11H8Br2N2O4S2/c1-21(18,19)8-4-20-11(14-8)15-10(17)6-2-5(12)3-7(16)9(6)13/h2-4,16H,1H3,(H,14,15,17). The van der Waals surface area contributed by atoms with Crippen LogP contribution in [0.1, 0.15) is 10.4 Å². The van der Waals surface area contributed by atoms with Crippen molar-refractivity contribution in [1.82, 2.24) is 4.98 Å². The second-order valence-corrected chi connectivity index (χ2v) is 8.53. The topological polar surface area (TPSA) is 96.4 Å². The number of carbonyl (C=O) groups is 1. The lowest BCUT2D eigenvalue weighted by molar-refractivity contribution is 0.102. The Balaban J connectivity index is 2.29. The molecule has 6 nitrogen and oxygen atoms in total. The van der Waals surface area contributed by atoms with Gasteiger partial charge in [-0.1, -0.05) is 15.9 Å². The molecule has 0 aliphatic carbocycles. The Hall–Kier alpha value is -0.970. The number of rotatable bonds is 3. The number of hydrogen-bond acceptors (Lipinski definition) is 6. The van der Waals surface area contributed by atoms with Crippen LogP contribution in [0.4, 0.5) is 5.13 Å². The van der Waals surface area contributed by atoms with E-state index in [4.69, 9.17) is 0 Å². The van der Waals surface area contributed by atoms with Gasteiger partial charge in [0.1, 0.15) is 5.75 Å². The van der Waals surface area contributed by atoms with Crippen LogP contribution < -0.4 is 5.32 Å². The van der Waals surface area contributed by atoms with Gasteiger partial charge in [0.25, 0.3) is 5.91 Å². The first kappa shape index (κ1) is 16.4. The summed E-state index contributed by atoms with van der Waals surface area (Å²) < 4.78 is 23.4. The Morgan fingerprint density at radius 1 is 1.38 bits per heavy atom. The Bertz CT molecular complexity index is 818. The van der Waals surface area contributed by atoms with Crippen LogP contribution in [0.5, 0.6) is 5.75 Å². The van der Waals surface area contributed by atoms with Crippen LogP contribution in [0.2, 0.25) is 0 Å². The van der Waals surface area contributed by atoms with Gasteiger partial charge in [-0.05, 0) is 28.1 Å². The fraction of sp³-hybridized carbons (Fsp3) is 0.0909. The molecule has 0 fully saturated rings. The lowest BCUT2D eigenvalue weighted by atomic mass is 10.2. The summed E-state index contributed by atoms with van der Waals surface area (Å²) in [7, 11) is -3.41. The number of aromatic nitrogens is 1. The highest BCUT2D eigenvalue weighted by Gasteiger charge is 2.18. The quantitative estimate of drug-likeness (QED) is 0.741. The maximum atomic E-state index is 12.1. The third kappa shape index (κ3) is 3.82. The van der Waals surface area contributed by atoms with Crippen molar-refractivity contribution in [3.63, 3.8) is 0 Å². The van der Waals surface area contributed by atoms with Gasteiger partial charge in [-0.2, -0.15) is 0 Å². The van der Waals surface area contributed by atoms with Crippen LogP contribution in [-0.2, 0) is 9.84 Å². The molecule has 1 amide bonds. The van der Waals surface area contributed by atoms with E-state index in [2.05, 4.69) is 42.2 Å². The van der Waals surface area contributed by atoms with Crippen LogP contribution in [-0.4, -0.2) is 30.7 Å². The summed E-state index contributed by atoms with van der Waals surface area (Å²) in [6.07, 6.45) is 1.04. The van der Waals surface area contributed by atoms with Crippen molar-refractivity contribution < 1.29 is 18.3 Å². The normalized spacial score (nSPS) is 11.4. The van der Waals surface area contributed by atoms with Crippen molar-refractivity contribution in [3.8, 4) is 5.75 Å². The van der Waals surface area contributed by atoms with Crippen LogP contribution in [0.25, 0.3) is 0 Å². The second kappa shape index (κ2) is 6.03. The van der Waals surface area contributed by atoms with E-state index in [0.29, 0.717) is 4.47 Å². The number of aromatic hydroxyl groups is 1. The van der Waals surface area contributed by atoms with Crippen LogP contribution in [0, 0.1) is 0 Å². The molecule has 0 radical (unpaired) electrons. The molecular formula is C11H8Br2N2O4S2. The van der Waals surface area contributed by atoms with E-state index < -0.39 is 15.7 Å². The van der Waals surface area contributed by atoms with E-state index in [-0.39, 0.29) is 25.9 Å². The summed E-state index contributed by atoms with van der Waals surface area (Å²) in [5.41, 5.74) is 0.193. The van der Waals surface area contributed by atoms with Gasteiger partial charge in [-0.3, -0.25) is 10.1 Å². The molecule has 1 aromatic heterocycles. The number of amides is 1. The van der Waals surface area contributed by atoms with E-state index in [1.165, 1.54) is 17.5 Å². The number of halogens is 2. The summed E-state index contributed by atoms with van der Waals surface area (Å²) in [6, 6.07) is 2.95. The number of carbonyl (C=O) groups excluding carboxylic acids is 1. The molecule has 0 saturated carbocycles. The number of nitrogens with zero attached hydrogens (tertiary/aromatic N) is 1. The maximum absolute atomic E-state index is 12.1. The molecule has 1 aromatic carbocycles. The number of nitrogens with one attached hydrogen (secondary N) is 1. The minimum atomic E-state index is -3.41. The fourth-order valence-electron chi connectivity index (χ4n) is 1.39. The highest BCUT2D eigenvalue weighted by molar-refractivity contribution is 9.11. The molecule has 0 unspecified atom stereocenters. The van der Waals surface area contributed by atoms with Crippen molar-refractivity contribution >= 4 is 64.1 Å². The van der Waals surface area contributed by atoms with Gasteiger partial charge in [-0.25, -0.2) is 13.4 Å². The number of anilines is 1. The Labute approximate surface area is 141 Å². The SMILES string of the molecule is CS(=O)(=O)c1csc(NC(=O)c2cc(Br)cc(O)c2Br)n1. The predicted octanol–water partition coefficient (Wildman–Crippen LogP) is 3.03. The zero-order valence-electron chi connectivity index (χ0n) is 10.4. The van der Waals surface area contributed by atoms with Gasteiger partial charge in [0, 0.05) is 16.1 Å². The van der Waals surface area contributed by atoms with Gasteiger partial charge >= 0.3 is 0 Å². The molecule has 0 bridgehead atoms. The molecular weight excluding hydrogens is 448 g/mol. The molecule has 1 heterocycles. The smallest absolute Gasteiger partial charge is 0.258 e. The summed E-state index contributed by atoms with van der Waals surface area (Å²) in [4.78, 5) is 16.0.